The molecular formula is C16H15NO2. The molecule has 0 bridgehead atoms. The molecule has 2 aromatic rings. The van der Waals surface area contributed by atoms with Crippen molar-refractivity contribution >= 4 is 10.8 Å². The van der Waals surface area contributed by atoms with Crippen LogP contribution in [-0.2, 0) is 4.74 Å². The average Bonchev–Trinajstić information content (AvgIpc) is 2.94. The number of hydrogen-bond donors (Lipinski definition) is 0. The fraction of sp³-hybridized carbons (Fsp3) is 0.312. The van der Waals surface area contributed by atoms with Crippen molar-refractivity contribution in [2.24, 2.45) is 5.92 Å². The third-order valence-electron chi connectivity index (χ3n) is 3.69. The summed E-state index contributed by atoms with van der Waals surface area (Å²) in [6.07, 6.45) is 0.596. The fourth-order valence-corrected chi connectivity index (χ4v) is 2.75. The van der Waals surface area contributed by atoms with Gasteiger partial charge in [-0.2, -0.15) is 5.26 Å². The molecule has 2 unspecified atom stereocenters. The largest absolute Gasteiger partial charge is 0.496 e. The molecule has 0 spiro atoms. The lowest BCUT2D eigenvalue weighted by Gasteiger charge is -2.19. The van der Waals surface area contributed by atoms with Crippen LogP contribution in [0, 0.1) is 17.2 Å². The average molecular weight is 253 g/mol. The first-order valence-electron chi connectivity index (χ1n) is 6.42. The zero-order valence-electron chi connectivity index (χ0n) is 10.8. The van der Waals surface area contributed by atoms with E-state index in [0.717, 1.165) is 28.5 Å². The number of nitriles is 1. The molecule has 1 heterocycles. The molecule has 1 fully saturated rings. The maximum atomic E-state index is 9.26. The molecule has 1 saturated heterocycles. The van der Waals surface area contributed by atoms with Crippen LogP contribution in [0.1, 0.15) is 18.1 Å². The van der Waals surface area contributed by atoms with E-state index in [4.69, 9.17) is 9.47 Å². The SMILES string of the molecule is COc1ccc2ccccc2c1C1OCCC1C#N. The van der Waals surface area contributed by atoms with Crippen LogP contribution in [0.15, 0.2) is 36.4 Å². The molecule has 96 valence electrons. The highest BCUT2D eigenvalue weighted by Gasteiger charge is 2.33. The molecule has 1 aliphatic heterocycles. The number of nitrogens with zero attached hydrogens (tertiary/aromatic N) is 1. The highest BCUT2D eigenvalue weighted by molar-refractivity contribution is 5.88. The van der Waals surface area contributed by atoms with Crippen molar-refractivity contribution in [2.75, 3.05) is 13.7 Å². The second kappa shape index (κ2) is 4.91. The van der Waals surface area contributed by atoms with Gasteiger partial charge in [0.1, 0.15) is 11.9 Å². The van der Waals surface area contributed by atoms with Gasteiger partial charge in [0.05, 0.1) is 19.1 Å². The maximum absolute atomic E-state index is 9.26. The van der Waals surface area contributed by atoms with Crippen LogP contribution in [0.5, 0.6) is 5.75 Å². The van der Waals surface area contributed by atoms with Gasteiger partial charge in [-0.3, -0.25) is 0 Å². The number of benzene rings is 2. The van der Waals surface area contributed by atoms with Crippen molar-refractivity contribution in [1.29, 1.82) is 5.26 Å². The Hall–Kier alpha value is -2.05. The summed E-state index contributed by atoms with van der Waals surface area (Å²) in [7, 11) is 1.66. The molecule has 2 aromatic carbocycles. The molecule has 1 aliphatic rings. The van der Waals surface area contributed by atoms with Crippen LogP contribution in [0.25, 0.3) is 10.8 Å². The van der Waals surface area contributed by atoms with Crippen LogP contribution in [0.2, 0.25) is 0 Å². The van der Waals surface area contributed by atoms with Crippen LogP contribution in [-0.4, -0.2) is 13.7 Å². The summed E-state index contributed by atoms with van der Waals surface area (Å²) in [5.41, 5.74) is 1.00. The summed E-state index contributed by atoms with van der Waals surface area (Å²) < 4.78 is 11.3. The van der Waals surface area contributed by atoms with Gasteiger partial charge in [-0.15, -0.1) is 0 Å². The van der Waals surface area contributed by atoms with E-state index in [-0.39, 0.29) is 12.0 Å². The Bertz CT molecular complexity index is 645. The molecule has 2 atom stereocenters. The lowest BCUT2D eigenvalue weighted by molar-refractivity contribution is 0.0996. The summed E-state index contributed by atoms with van der Waals surface area (Å²) in [6, 6.07) is 14.5. The number of rotatable bonds is 2. The number of methoxy groups -OCH3 is 1. The Labute approximate surface area is 112 Å². The number of ether oxygens (including phenoxy) is 2. The standard InChI is InChI=1S/C16H15NO2/c1-18-14-7-6-11-4-2-3-5-13(11)15(14)16-12(10-17)8-9-19-16/h2-7,12,16H,8-9H2,1H3. The number of hydrogen-bond acceptors (Lipinski definition) is 3. The van der Waals surface area contributed by atoms with Gasteiger partial charge in [-0.05, 0) is 23.3 Å². The Morgan fingerprint density at radius 1 is 1.26 bits per heavy atom. The Kier molecular flexibility index (Phi) is 3.10. The monoisotopic (exact) mass is 253 g/mol. The van der Waals surface area contributed by atoms with E-state index in [0.29, 0.717) is 6.61 Å². The Morgan fingerprint density at radius 3 is 2.89 bits per heavy atom. The minimum atomic E-state index is -0.189. The second-order valence-corrected chi connectivity index (χ2v) is 4.72. The summed E-state index contributed by atoms with van der Waals surface area (Å²) in [6.45, 7) is 0.634. The smallest absolute Gasteiger partial charge is 0.125 e. The molecule has 3 heteroatoms. The fourth-order valence-electron chi connectivity index (χ4n) is 2.75. The van der Waals surface area contributed by atoms with Crippen molar-refractivity contribution in [3.63, 3.8) is 0 Å². The Balaban J connectivity index is 2.23. The molecule has 0 N–H and O–H groups in total. The number of fused-ring (bicyclic) bond motifs is 1. The quantitative estimate of drug-likeness (QED) is 0.823. The first-order chi connectivity index (χ1) is 9.35. The van der Waals surface area contributed by atoms with E-state index in [1.807, 2.05) is 24.3 Å². The van der Waals surface area contributed by atoms with Crippen molar-refractivity contribution in [3.05, 3.63) is 42.0 Å². The van der Waals surface area contributed by atoms with E-state index < -0.39 is 0 Å². The minimum absolute atomic E-state index is 0.0975. The van der Waals surface area contributed by atoms with Gasteiger partial charge in [0.15, 0.2) is 0 Å². The van der Waals surface area contributed by atoms with E-state index in [2.05, 4.69) is 18.2 Å². The van der Waals surface area contributed by atoms with Gasteiger partial charge in [-0.1, -0.05) is 30.3 Å². The van der Waals surface area contributed by atoms with Crippen molar-refractivity contribution in [1.82, 2.24) is 0 Å². The predicted octanol–water partition coefficient (Wildman–Crippen LogP) is 3.45. The first kappa shape index (κ1) is 12.0. The molecule has 3 nitrogen and oxygen atoms in total. The van der Waals surface area contributed by atoms with Gasteiger partial charge in [0.25, 0.3) is 0 Å². The van der Waals surface area contributed by atoms with E-state index in [1.54, 1.807) is 7.11 Å². The van der Waals surface area contributed by atoms with Crippen molar-refractivity contribution in [2.45, 2.75) is 12.5 Å². The summed E-state index contributed by atoms with van der Waals surface area (Å²) in [5.74, 6) is 0.700. The van der Waals surface area contributed by atoms with Crippen LogP contribution in [0.3, 0.4) is 0 Å². The first-order valence-corrected chi connectivity index (χ1v) is 6.42. The highest BCUT2D eigenvalue weighted by Crippen LogP contribution is 2.42. The lowest BCUT2D eigenvalue weighted by Crippen LogP contribution is -2.08. The van der Waals surface area contributed by atoms with Crippen molar-refractivity contribution < 1.29 is 9.47 Å². The zero-order chi connectivity index (χ0) is 13.2. The van der Waals surface area contributed by atoms with Gasteiger partial charge >= 0.3 is 0 Å². The van der Waals surface area contributed by atoms with E-state index in [9.17, 15) is 5.26 Å². The van der Waals surface area contributed by atoms with E-state index in [1.165, 1.54) is 0 Å². The molecule has 0 radical (unpaired) electrons. The van der Waals surface area contributed by atoms with Crippen LogP contribution < -0.4 is 4.74 Å². The van der Waals surface area contributed by atoms with Gasteiger partial charge < -0.3 is 9.47 Å². The molecule has 0 aliphatic carbocycles. The lowest BCUT2D eigenvalue weighted by atomic mass is 9.92. The maximum Gasteiger partial charge on any atom is 0.125 e. The van der Waals surface area contributed by atoms with Crippen LogP contribution in [0.4, 0.5) is 0 Å². The van der Waals surface area contributed by atoms with Crippen LogP contribution >= 0.6 is 0 Å². The molecule has 0 saturated carbocycles. The third-order valence-corrected chi connectivity index (χ3v) is 3.69. The minimum Gasteiger partial charge on any atom is -0.496 e. The van der Waals surface area contributed by atoms with E-state index >= 15 is 0 Å². The molecule has 3 rings (SSSR count). The summed E-state index contributed by atoms with van der Waals surface area (Å²) >= 11 is 0. The normalized spacial score (nSPS) is 22.3. The molecule has 19 heavy (non-hydrogen) atoms. The van der Waals surface area contributed by atoms with Gasteiger partial charge in [0, 0.05) is 12.2 Å². The van der Waals surface area contributed by atoms with Crippen molar-refractivity contribution in [3.8, 4) is 11.8 Å². The highest BCUT2D eigenvalue weighted by atomic mass is 16.5. The predicted molar refractivity (Wildman–Crippen MR) is 72.9 cm³/mol. The van der Waals surface area contributed by atoms with Gasteiger partial charge in [-0.25, -0.2) is 0 Å². The molecule has 0 aromatic heterocycles. The summed E-state index contributed by atoms with van der Waals surface area (Å²) in [4.78, 5) is 0. The topological polar surface area (TPSA) is 42.2 Å². The molecule has 0 amide bonds. The summed E-state index contributed by atoms with van der Waals surface area (Å²) in [5, 5.41) is 11.5. The third kappa shape index (κ3) is 1.94. The second-order valence-electron chi connectivity index (χ2n) is 4.72. The molecular weight excluding hydrogens is 238 g/mol. The zero-order valence-corrected chi connectivity index (χ0v) is 10.8. The van der Waals surface area contributed by atoms with Gasteiger partial charge in [0.2, 0.25) is 0 Å². The Morgan fingerprint density at radius 2 is 2.11 bits per heavy atom.